The number of hydrogen-bond acceptors (Lipinski definition) is 6. The van der Waals surface area contributed by atoms with Crippen molar-refractivity contribution in [2.75, 3.05) is 19.6 Å². The first kappa shape index (κ1) is 15.8. The molecule has 9 heteroatoms. The Hall–Kier alpha value is -3.07. The van der Waals surface area contributed by atoms with E-state index in [-0.39, 0.29) is 17.3 Å². The molecule has 2 N–H and O–H groups in total. The van der Waals surface area contributed by atoms with Gasteiger partial charge >= 0.3 is 0 Å². The third kappa shape index (κ3) is 3.63. The van der Waals surface area contributed by atoms with E-state index in [9.17, 15) is 14.9 Å². The molecule has 0 unspecified atom stereocenters. The molecule has 124 valence electrons. The number of nitro benzene ring substituents is 1. The molecule has 0 radical (unpaired) electrons. The van der Waals surface area contributed by atoms with Crippen LogP contribution in [0.5, 0.6) is 0 Å². The topological polar surface area (TPSA) is 115 Å². The van der Waals surface area contributed by atoms with Crippen molar-refractivity contribution in [3.05, 3.63) is 57.9 Å². The number of nitrogens with one attached hydrogen (secondary N) is 2. The summed E-state index contributed by atoms with van der Waals surface area (Å²) in [6, 6.07) is 5.97. The zero-order chi connectivity index (χ0) is 16.9. The minimum absolute atomic E-state index is 0.0492. The molecule has 1 aromatic heterocycles. The summed E-state index contributed by atoms with van der Waals surface area (Å²) in [7, 11) is 0. The van der Waals surface area contributed by atoms with E-state index in [0.29, 0.717) is 12.2 Å². The Morgan fingerprint density at radius 3 is 3.08 bits per heavy atom. The van der Waals surface area contributed by atoms with Gasteiger partial charge in [0.25, 0.3) is 11.6 Å². The van der Waals surface area contributed by atoms with E-state index in [1.165, 1.54) is 28.6 Å². The number of non-ortho nitro benzene ring substituents is 1. The van der Waals surface area contributed by atoms with E-state index >= 15 is 0 Å². The second-order valence-corrected chi connectivity index (χ2v) is 5.32. The normalized spacial score (nSPS) is 14.1. The lowest BCUT2D eigenvalue weighted by Gasteiger charge is -2.13. The van der Waals surface area contributed by atoms with Gasteiger partial charge in [-0.2, -0.15) is 0 Å². The highest BCUT2D eigenvalue weighted by atomic mass is 16.6. The quantitative estimate of drug-likeness (QED) is 0.477. The summed E-state index contributed by atoms with van der Waals surface area (Å²) in [5.41, 5.74) is 1.76. The molecule has 0 fully saturated rings. The number of hydrogen-bond donors (Lipinski definition) is 2. The van der Waals surface area contributed by atoms with Crippen LogP contribution < -0.4 is 10.6 Å². The Bertz CT molecular complexity index is 798. The molecular formula is C15H16N6O3. The van der Waals surface area contributed by atoms with Crippen LogP contribution in [0.4, 0.5) is 5.69 Å². The molecule has 1 aromatic carbocycles. The summed E-state index contributed by atoms with van der Waals surface area (Å²) in [6.45, 7) is 2.20. The summed E-state index contributed by atoms with van der Waals surface area (Å²) in [5, 5.41) is 24.5. The standard InChI is InChI=1S/C15H16N6O3/c22-15(17-9-11-4-6-16-7-5-11)14-10-20(19-18-14)12-2-1-3-13(8-12)21(23)24/h1-4,8,10,16H,5-7,9H2,(H,17,22). The maximum absolute atomic E-state index is 12.1. The fourth-order valence-corrected chi connectivity index (χ4v) is 2.36. The van der Waals surface area contributed by atoms with Crippen LogP contribution in [0, 0.1) is 10.1 Å². The highest BCUT2D eigenvalue weighted by molar-refractivity contribution is 5.92. The van der Waals surface area contributed by atoms with Crippen molar-refractivity contribution in [1.29, 1.82) is 0 Å². The summed E-state index contributed by atoms with van der Waals surface area (Å²) in [4.78, 5) is 22.5. The lowest BCUT2D eigenvalue weighted by Crippen LogP contribution is -2.29. The molecule has 9 nitrogen and oxygen atoms in total. The number of nitrogens with zero attached hydrogens (tertiary/aromatic N) is 4. The van der Waals surface area contributed by atoms with E-state index in [1.54, 1.807) is 12.1 Å². The average Bonchev–Trinajstić information content (AvgIpc) is 3.11. The van der Waals surface area contributed by atoms with Crippen molar-refractivity contribution < 1.29 is 9.72 Å². The van der Waals surface area contributed by atoms with Crippen LogP contribution in [0.15, 0.2) is 42.1 Å². The predicted molar refractivity (Wildman–Crippen MR) is 85.9 cm³/mol. The van der Waals surface area contributed by atoms with Gasteiger partial charge in [-0.1, -0.05) is 22.9 Å². The molecule has 0 spiro atoms. The fraction of sp³-hybridized carbons (Fsp3) is 0.267. The van der Waals surface area contributed by atoms with Crippen molar-refractivity contribution >= 4 is 11.6 Å². The van der Waals surface area contributed by atoms with E-state index in [0.717, 1.165) is 19.5 Å². The predicted octanol–water partition coefficient (Wildman–Crippen LogP) is 0.825. The van der Waals surface area contributed by atoms with Crippen LogP contribution in [0.25, 0.3) is 5.69 Å². The van der Waals surface area contributed by atoms with Crippen LogP contribution >= 0.6 is 0 Å². The van der Waals surface area contributed by atoms with Crippen LogP contribution in [0.3, 0.4) is 0 Å². The second-order valence-electron chi connectivity index (χ2n) is 5.32. The van der Waals surface area contributed by atoms with E-state index in [2.05, 4.69) is 27.0 Å². The Morgan fingerprint density at radius 1 is 1.46 bits per heavy atom. The minimum atomic E-state index is -0.485. The summed E-state index contributed by atoms with van der Waals surface area (Å²) >= 11 is 0. The summed E-state index contributed by atoms with van der Waals surface area (Å²) < 4.78 is 1.34. The minimum Gasteiger partial charge on any atom is -0.347 e. The zero-order valence-electron chi connectivity index (χ0n) is 12.8. The molecule has 24 heavy (non-hydrogen) atoms. The van der Waals surface area contributed by atoms with Gasteiger partial charge < -0.3 is 10.6 Å². The van der Waals surface area contributed by atoms with E-state index in [1.807, 2.05) is 0 Å². The van der Waals surface area contributed by atoms with Gasteiger partial charge in [0.15, 0.2) is 5.69 Å². The number of carbonyl (C=O) groups is 1. The third-order valence-corrected chi connectivity index (χ3v) is 3.67. The fourth-order valence-electron chi connectivity index (χ4n) is 2.36. The van der Waals surface area contributed by atoms with Gasteiger partial charge in [-0.25, -0.2) is 4.68 Å². The number of rotatable bonds is 5. The van der Waals surface area contributed by atoms with Gasteiger partial charge in [0.1, 0.15) is 0 Å². The Kier molecular flexibility index (Phi) is 4.62. The van der Waals surface area contributed by atoms with Crippen LogP contribution in [0.1, 0.15) is 16.9 Å². The van der Waals surface area contributed by atoms with Crippen LogP contribution in [0.2, 0.25) is 0 Å². The number of aromatic nitrogens is 3. The highest BCUT2D eigenvalue weighted by Gasteiger charge is 2.14. The molecule has 2 aromatic rings. The maximum atomic E-state index is 12.1. The van der Waals surface area contributed by atoms with Crippen LogP contribution in [-0.2, 0) is 0 Å². The van der Waals surface area contributed by atoms with Crippen molar-refractivity contribution in [2.24, 2.45) is 0 Å². The number of benzene rings is 1. The largest absolute Gasteiger partial charge is 0.347 e. The Morgan fingerprint density at radius 2 is 2.33 bits per heavy atom. The van der Waals surface area contributed by atoms with E-state index < -0.39 is 4.92 Å². The molecule has 2 heterocycles. The van der Waals surface area contributed by atoms with Gasteiger partial charge in [0, 0.05) is 25.2 Å². The molecule has 0 bridgehead atoms. The lowest BCUT2D eigenvalue weighted by molar-refractivity contribution is -0.384. The maximum Gasteiger partial charge on any atom is 0.273 e. The highest BCUT2D eigenvalue weighted by Crippen LogP contribution is 2.16. The lowest BCUT2D eigenvalue weighted by atomic mass is 10.1. The SMILES string of the molecule is O=C(NCC1=CCNCC1)c1cn(-c2cccc([N+](=O)[O-])c2)nn1. The van der Waals surface area contributed by atoms with Crippen molar-refractivity contribution in [3.63, 3.8) is 0 Å². The van der Waals surface area contributed by atoms with Crippen molar-refractivity contribution in [1.82, 2.24) is 25.6 Å². The first-order valence-corrected chi connectivity index (χ1v) is 7.47. The number of carbonyl (C=O) groups excluding carboxylic acids is 1. The summed E-state index contributed by atoms with van der Waals surface area (Å²) in [6.07, 6.45) is 4.41. The molecule has 0 saturated carbocycles. The number of nitro groups is 1. The molecule has 1 aliphatic heterocycles. The monoisotopic (exact) mass is 328 g/mol. The molecule has 0 atom stereocenters. The molecule has 0 aliphatic carbocycles. The first-order chi connectivity index (χ1) is 11.6. The average molecular weight is 328 g/mol. The first-order valence-electron chi connectivity index (χ1n) is 7.47. The smallest absolute Gasteiger partial charge is 0.273 e. The second kappa shape index (κ2) is 7.01. The Balaban J connectivity index is 1.68. The van der Waals surface area contributed by atoms with Crippen molar-refractivity contribution in [3.8, 4) is 5.69 Å². The molecule has 1 amide bonds. The molecule has 3 rings (SSSR count). The van der Waals surface area contributed by atoms with Gasteiger partial charge in [0.05, 0.1) is 16.8 Å². The van der Waals surface area contributed by atoms with E-state index in [4.69, 9.17) is 0 Å². The Labute approximate surface area is 137 Å². The van der Waals surface area contributed by atoms with Gasteiger partial charge in [-0.3, -0.25) is 14.9 Å². The molecule has 1 aliphatic rings. The summed E-state index contributed by atoms with van der Waals surface area (Å²) in [5.74, 6) is -0.328. The number of amides is 1. The molecule has 0 saturated heterocycles. The zero-order valence-corrected chi connectivity index (χ0v) is 12.8. The van der Waals surface area contributed by atoms with Gasteiger partial charge in [0.2, 0.25) is 0 Å². The van der Waals surface area contributed by atoms with Gasteiger partial charge in [-0.05, 0) is 19.0 Å². The van der Waals surface area contributed by atoms with Gasteiger partial charge in [-0.15, -0.1) is 5.10 Å². The van der Waals surface area contributed by atoms with Crippen LogP contribution in [-0.4, -0.2) is 45.5 Å². The third-order valence-electron chi connectivity index (χ3n) is 3.67. The van der Waals surface area contributed by atoms with Crippen molar-refractivity contribution in [2.45, 2.75) is 6.42 Å². The molecular weight excluding hydrogens is 312 g/mol.